The minimum absolute atomic E-state index is 0.0808. The summed E-state index contributed by atoms with van der Waals surface area (Å²) in [6.45, 7) is 7.45. The lowest BCUT2D eigenvalue weighted by Gasteiger charge is -2.34. The minimum Gasteiger partial charge on any atom is -0.487 e. The van der Waals surface area contributed by atoms with Crippen LogP contribution in [0.5, 0.6) is 5.75 Å². The molecule has 0 radical (unpaired) electrons. The highest BCUT2D eigenvalue weighted by Crippen LogP contribution is 2.36. The van der Waals surface area contributed by atoms with Crippen LogP contribution < -0.4 is 10.3 Å². The summed E-state index contributed by atoms with van der Waals surface area (Å²) in [7, 11) is 0. The maximum atomic E-state index is 14.1. The van der Waals surface area contributed by atoms with Crippen molar-refractivity contribution in [2.24, 2.45) is 5.92 Å². The number of hydrogen-bond donors (Lipinski definition) is 0. The molecule has 0 saturated heterocycles. The van der Waals surface area contributed by atoms with Crippen molar-refractivity contribution < 1.29 is 22.7 Å². The molecule has 3 aromatic heterocycles. The smallest absolute Gasteiger partial charge is 0.417 e. The first-order chi connectivity index (χ1) is 20.8. The van der Waals surface area contributed by atoms with Crippen molar-refractivity contribution in [2.45, 2.75) is 71.8 Å². The highest BCUT2D eigenvalue weighted by molar-refractivity contribution is 9.10. The summed E-state index contributed by atoms with van der Waals surface area (Å²) in [6, 6.07) is 4.71. The monoisotopic (exact) mass is 671 g/mol. The zero-order valence-corrected chi connectivity index (χ0v) is 26.0. The number of hydrogen-bond acceptors (Lipinski definition) is 7. The van der Waals surface area contributed by atoms with Gasteiger partial charge in [-0.15, -0.1) is 0 Å². The van der Waals surface area contributed by atoms with Gasteiger partial charge in [0, 0.05) is 27.3 Å². The molecule has 2 aliphatic rings. The first kappa shape index (κ1) is 30.0. The Labute approximate surface area is 259 Å². The third-order valence-corrected chi connectivity index (χ3v) is 8.71. The Kier molecular flexibility index (Phi) is 7.58. The molecule has 4 heterocycles. The quantitative estimate of drug-likeness (QED) is 0.281. The van der Waals surface area contributed by atoms with Crippen LogP contribution in [0.15, 0.2) is 45.9 Å². The number of halogens is 4. The van der Waals surface area contributed by atoms with E-state index in [1.807, 2.05) is 19.9 Å². The van der Waals surface area contributed by atoms with E-state index in [4.69, 9.17) is 9.72 Å². The average Bonchev–Trinajstić information content (AvgIpc) is 3.29. The second-order valence-corrected chi connectivity index (χ2v) is 12.4. The van der Waals surface area contributed by atoms with E-state index in [2.05, 4.69) is 37.9 Å². The van der Waals surface area contributed by atoms with Gasteiger partial charge in [0.25, 0.3) is 11.5 Å². The van der Waals surface area contributed by atoms with Crippen molar-refractivity contribution in [3.05, 3.63) is 85.3 Å². The van der Waals surface area contributed by atoms with Crippen LogP contribution in [0.2, 0.25) is 0 Å². The molecule has 1 fully saturated rings. The Morgan fingerprint density at radius 1 is 1.09 bits per heavy atom. The molecule has 44 heavy (non-hydrogen) atoms. The molecule has 10 nitrogen and oxygen atoms in total. The Morgan fingerprint density at radius 3 is 2.41 bits per heavy atom. The van der Waals surface area contributed by atoms with Crippen LogP contribution in [0.4, 0.5) is 13.2 Å². The number of aryl methyl sites for hydroxylation is 2. The molecule has 1 saturated carbocycles. The predicted molar refractivity (Wildman–Crippen MR) is 157 cm³/mol. The highest BCUT2D eigenvalue weighted by Gasteiger charge is 2.36. The highest BCUT2D eigenvalue weighted by atomic mass is 79.9. The number of aromatic nitrogens is 6. The van der Waals surface area contributed by atoms with Gasteiger partial charge in [-0.2, -0.15) is 18.3 Å². The molecule has 1 aliphatic carbocycles. The number of alkyl halides is 3. The molecule has 14 heteroatoms. The molecule has 1 aliphatic heterocycles. The molecule has 1 amide bonds. The van der Waals surface area contributed by atoms with Gasteiger partial charge in [0.2, 0.25) is 11.9 Å². The molecule has 1 aromatic carbocycles. The van der Waals surface area contributed by atoms with Crippen molar-refractivity contribution in [3.63, 3.8) is 0 Å². The first-order valence-electron chi connectivity index (χ1n) is 14.2. The van der Waals surface area contributed by atoms with E-state index in [0.29, 0.717) is 34.3 Å². The topological polar surface area (TPSA) is 108 Å². The van der Waals surface area contributed by atoms with E-state index in [1.165, 1.54) is 38.7 Å². The number of ether oxygens (including phenoxy) is 1. The molecule has 4 aromatic rings. The number of amides is 1. The van der Waals surface area contributed by atoms with Crippen LogP contribution in [0, 0.1) is 19.8 Å². The summed E-state index contributed by atoms with van der Waals surface area (Å²) < 4.78 is 49.2. The second kappa shape index (κ2) is 11.1. The summed E-state index contributed by atoms with van der Waals surface area (Å²) in [5.74, 6) is 0.736. The van der Waals surface area contributed by atoms with Crippen molar-refractivity contribution in [1.29, 1.82) is 0 Å². The largest absolute Gasteiger partial charge is 0.487 e. The summed E-state index contributed by atoms with van der Waals surface area (Å²) in [4.78, 5) is 42.7. The average molecular weight is 673 g/mol. The fraction of sp³-hybridized carbons (Fsp3) is 0.400. The number of carbonyl (C=O) groups excluding carboxylic acids is 1. The van der Waals surface area contributed by atoms with E-state index in [0.717, 1.165) is 18.9 Å². The molecule has 6 rings (SSSR count). The fourth-order valence-corrected chi connectivity index (χ4v) is 6.19. The zero-order valence-electron chi connectivity index (χ0n) is 24.4. The van der Waals surface area contributed by atoms with Gasteiger partial charge >= 0.3 is 6.18 Å². The zero-order chi connectivity index (χ0) is 31.5. The molecular formula is C30H29BrF3N7O3. The molecular weight excluding hydrogens is 643 g/mol. The summed E-state index contributed by atoms with van der Waals surface area (Å²) in [6.07, 6.45) is 0.578. The standard InChI is InChI=1S/C30H29BrF3N7O3/c1-15-7-20(8-15)44-21-12-35-28(36-13-21)40-27(43)22-10-17(3)39(14-25(22)37-29(40)41-18(4)9-16(2)38-41)26(42)19-5-6-24(31)23(11-19)30(32,33)34/h5-6,9,11-13,15,17,20H,7-8,10,14H2,1-4H3/t15?,17-,20?/m1/s1. The number of rotatable bonds is 5. The van der Waals surface area contributed by atoms with Crippen LogP contribution in [0.1, 0.15) is 65.3 Å². The number of carbonyl (C=O) groups is 1. The Morgan fingerprint density at radius 2 is 1.80 bits per heavy atom. The van der Waals surface area contributed by atoms with Gasteiger partial charge in [-0.1, -0.05) is 22.9 Å². The van der Waals surface area contributed by atoms with E-state index in [-0.39, 0.29) is 41.0 Å². The van der Waals surface area contributed by atoms with Gasteiger partial charge in [0.15, 0.2) is 5.75 Å². The Hall–Kier alpha value is -4.07. The number of fused-ring (bicyclic) bond motifs is 1. The van der Waals surface area contributed by atoms with Gasteiger partial charge in [-0.3, -0.25) is 9.59 Å². The van der Waals surface area contributed by atoms with Crippen molar-refractivity contribution in [3.8, 4) is 17.6 Å². The lowest BCUT2D eigenvalue weighted by atomic mass is 9.84. The Balaban J connectivity index is 1.39. The minimum atomic E-state index is -4.64. The summed E-state index contributed by atoms with van der Waals surface area (Å²) in [5.41, 5.74) is 0.615. The lowest BCUT2D eigenvalue weighted by Crippen LogP contribution is -2.46. The van der Waals surface area contributed by atoms with E-state index < -0.39 is 29.2 Å². The van der Waals surface area contributed by atoms with Gasteiger partial charge in [0.1, 0.15) is 0 Å². The SMILES string of the molecule is Cc1cc(C)n(-c2nc3c(c(=O)n2-c2ncc(OC4CC(C)C4)cn2)C[C@@H](C)N(C(=O)c2ccc(Br)c(C(F)(F)F)c2)C3)n1. The maximum Gasteiger partial charge on any atom is 0.417 e. The molecule has 0 spiro atoms. The molecule has 0 bridgehead atoms. The fourth-order valence-electron chi connectivity index (χ4n) is 5.72. The number of nitrogens with zero attached hydrogens (tertiary/aromatic N) is 7. The third kappa shape index (κ3) is 5.51. The van der Waals surface area contributed by atoms with Crippen LogP contribution in [-0.2, 0) is 19.1 Å². The molecule has 1 atom stereocenters. The first-order valence-corrected chi connectivity index (χ1v) is 14.9. The molecule has 0 N–H and O–H groups in total. The van der Waals surface area contributed by atoms with E-state index >= 15 is 0 Å². The van der Waals surface area contributed by atoms with Crippen molar-refractivity contribution in [1.82, 2.24) is 34.2 Å². The normalized spacial score (nSPS) is 19.8. The van der Waals surface area contributed by atoms with Crippen LogP contribution >= 0.6 is 15.9 Å². The van der Waals surface area contributed by atoms with Crippen LogP contribution in [0.3, 0.4) is 0 Å². The van der Waals surface area contributed by atoms with E-state index in [1.54, 1.807) is 6.92 Å². The summed E-state index contributed by atoms with van der Waals surface area (Å²) >= 11 is 2.92. The molecule has 0 unspecified atom stereocenters. The Bertz CT molecular complexity index is 1810. The van der Waals surface area contributed by atoms with Gasteiger partial charge in [0.05, 0.1) is 42.0 Å². The second-order valence-electron chi connectivity index (χ2n) is 11.5. The van der Waals surface area contributed by atoms with E-state index in [9.17, 15) is 22.8 Å². The summed E-state index contributed by atoms with van der Waals surface area (Å²) in [5, 5.41) is 4.52. The van der Waals surface area contributed by atoms with Gasteiger partial charge < -0.3 is 9.64 Å². The maximum absolute atomic E-state index is 14.1. The number of benzene rings is 1. The lowest BCUT2D eigenvalue weighted by molar-refractivity contribution is -0.138. The van der Waals surface area contributed by atoms with Gasteiger partial charge in [-0.25, -0.2) is 24.2 Å². The van der Waals surface area contributed by atoms with Crippen molar-refractivity contribution in [2.75, 3.05) is 0 Å². The molecule has 230 valence electrons. The van der Waals surface area contributed by atoms with Gasteiger partial charge in [-0.05, 0) is 70.2 Å². The predicted octanol–water partition coefficient (Wildman–Crippen LogP) is 5.37. The van der Waals surface area contributed by atoms with Crippen LogP contribution in [0.25, 0.3) is 11.9 Å². The van der Waals surface area contributed by atoms with Crippen molar-refractivity contribution >= 4 is 21.8 Å². The van der Waals surface area contributed by atoms with Crippen LogP contribution in [-0.4, -0.2) is 52.3 Å². The third-order valence-electron chi connectivity index (χ3n) is 8.02.